The number of rotatable bonds is 5. The number of methoxy groups -OCH3 is 1. The minimum atomic E-state index is -0.457. The van der Waals surface area contributed by atoms with E-state index in [0.717, 1.165) is 42.6 Å². The van der Waals surface area contributed by atoms with Crippen LogP contribution < -0.4 is 4.74 Å². The Hall–Kier alpha value is -2.33. The molecule has 28 heavy (non-hydrogen) atoms. The Kier molecular flexibility index (Phi) is 5.40. The minimum absolute atomic E-state index is 0.285. The lowest BCUT2D eigenvalue weighted by molar-refractivity contribution is 0.0752. The van der Waals surface area contributed by atoms with E-state index in [4.69, 9.17) is 4.74 Å². The van der Waals surface area contributed by atoms with Gasteiger partial charge < -0.3 is 14.2 Å². The summed E-state index contributed by atoms with van der Waals surface area (Å²) in [4.78, 5) is 4.30. The molecule has 1 unspecified atom stereocenters. The van der Waals surface area contributed by atoms with Crippen molar-refractivity contribution in [3.63, 3.8) is 0 Å². The zero-order chi connectivity index (χ0) is 19.7. The number of hydrogen-bond acceptors (Lipinski definition) is 3. The first-order valence-electron chi connectivity index (χ1n) is 10.4. The smallest absolute Gasteiger partial charge is 0.119 e. The fraction of sp³-hybridized carbons (Fsp3) is 0.458. The topological polar surface area (TPSA) is 46.8 Å². The third kappa shape index (κ3) is 3.53. The number of ether oxygens (including phenoxy) is 1. The summed E-state index contributed by atoms with van der Waals surface area (Å²) in [5.41, 5.74) is 4.64. The number of aliphatic hydroxyl groups is 1. The number of fused-ring (bicyclic) bond motifs is 1. The molecule has 1 aromatic carbocycles. The maximum atomic E-state index is 11.4. The number of aromatic nitrogens is 2. The highest BCUT2D eigenvalue weighted by molar-refractivity contribution is 5.49. The molecule has 0 radical (unpaired) electrons. The van der Waals surface area contributed by atoms with Crippen molar-refractivity contribution in [2.24, 2.45) is 5.92 Å². The van der Waals surface area contributed by atoms with Crippen LogP contribution >= 0.6 is 0 Å². The van der Waals surface area contributed by atoms with Gasteiger partial charge in [0.1, 0.15) is 5.75 Å². The maximum absolute atomic E-state index is 11.4. The molecule has 1 aliphatic carbocycles. The Balaban J connectivity index is 1.54. The fourth-order valence-electron chi connectivity index (χ4n) is 4.72. The fourth-order valence-corrected chi connectivity index (χ4v) is 4.72. The van der Waals surface area contributed by atoms with Crippen molar-refractivity contribution in [3.8, 4) is 5.75 Å². The molecule has 0 aliphatic heterocycles. The number of aliphatic hydroxyl groups excluding tert-OH is 1. The second kappa shape index (κ2) is 7.96. The third-order valence-corrected chi connectivity index (χ3v) is 6.34. The van der Waals surface area contributed by atoms with Crippen LogP contribution in [0.2, 0.25) is 0 Å². The lowest BCUT2D eigenvalue weighted by atomic mass is 9.75. The Labute approximate surface area is 167 Å². The van der Waals surface area contributed by atoms with Crippen LogP contribution in [0.5, 0.6) is 5.75 Å². The van der Waals surface area contributed by atoms with E-state index in [9.17, 15) is 5.11 Å². The van der Waals surface area contributed by atoms with Crippen molar-refractivity contribution in [2.75, 3.05) is 7.11 Å². The number of benzene rings is 1. The molecule has 0 saturated heterocycles. The van der Waals surface area contributed by atoms with Gasteiger partial charge in [0.15, 0.2) is 0 Å². The van der Waals surface area contributed by atoms with Gasteiger partial charge in [0, 0.05) is 0 Å². The first-order valence-corrected chi connectivity index (χ1v) is 10.4. The van der Waals surface area contributed by atoms with Gasteiger partial charge >= 0.3 is 0 Å². The zero-order valence-electron chi connectivity index (χ0n) is 17.0. The monoisotopic (exact) mass is 378 g/mol. The highest BCUT2D eigenvalue weighted by Crippen LogP contribution is 2.42. The molecule has 1 N–H and O–H groups in total. The van der Waals surface area contributed by atoms with Gasteiger partial charge in [-0.3, -0.25) is 0 Å². The van der Waals surface area contributed by atoms with Gasteiger partial charge in [-0.15, -0.1) is 0 Å². The van der Waals surface area contributed by atoms with E-state index < -0.39 is 6.10 Å². The predicted octanol–water partition coefficient (Wildman–Crippen LogP) is 5.47. The molecule has 3 aromatic rings. The molecule has 1 aliphatic rings. The lowest BCUT2D eigenvalue weighted by Gasteiger charge is -2.33. The number of hydrogen-bond donors (Lipinski definition) is 1. The maximum Gasteiger partial charge on any atom is 0.119 e. The molecule has 4 rings (SSSR count). The molecule has 1 saturated carbocycles. The van der Waals surface area contributed by atoms with Crippen LogP contribution in [0.1, 0.15) is 74.3 Å². The van der Waals surface area contributed by atoms with Crippen molar-refractivity contribution < 1.29 is 9.84 Å². The summed E-state index contributed by atoms with van der Waals surface area (Å²) in [5, 5.41) is 11.4. The second-order valence-corrected chi connectivity index (χ2v) is 8.35. The Morgan fingerprint density at radius 3 is 2.61 bits per heavy atom. The van der Waals surface area contributed by atoms with Crippen LogP contribution in [-0.4, -0.2) is 21.6 Å². The molecule has 1 atom stereocenters. The van der Waals surface area contributed by atoms with Gasteiger partial charge in [0.25, 0.3) is 0 Å². The van der Waals surface area contributed by atoms with E-state index in [1.807, 2.05) is 18.6 Å². The number of pyridine rings is 1. The first-order chi connectivity index (χ1) is 13.6. The molecule has 0 bridgehead atoms. The average molecular weight is 379 g/mol. The molecule has 0 amide bonds. The lowest BCUT2D eigenvalue weighted by Crippen LogP contribution is -2.22. The SMILES string of the molecule is COc1cccc(C2CCC(C(O)c3c(C(C)C)ccc4cncn34)CC2)c1. The summed E-state index contributed by atoms with van der Waals surface area (Å²) >= 11 is 0. The number of imidazole rings is 1. The first kappa shape index (κ1) is 19.0. The Bertz CT molecular complexity index is 939. The van der Waals surface area contributed by atoms with Crippen LogP contribution in [0, 0.1) is 5.92 Å². The second-order valence-electron chi connectivity index (χ2n) is 8.35. The number of nitrogens with zero attached hydrogens (tertiary/aromatic N) is 2. The molecule has 148 valence electrons. The van der Waals surface area contributed by atoms with E-state index in [1.165, 1.54) is 11.1 Å². The van der Waals surface area contributed by atoms with Crippen molar-refractivity contribution in [3.05, 3.63) is 65.7 Å². The molecular weight excluding hydrogens is 348 g/mol. The molecule has 4 heteroatoms. The Morgan fingerprint density at radius 1 is 1.11 bits per heavy atom. The van der Waals surface area contributed by atoms with Gasteiger partial charge in [0.2, 0.25) is 0 Å². The normalized spacial score (nSPS) is 21.2. The van der Waals surface area contributed by atoms with Crippen LogP contribution in [-0.2, 0) is 0 Å². The van der Waals surface area contributed by atoms with Crippen LogP contribution in [0.3, 0.4) is 0 Å². The summed E-state index contributed by atoms with van der Waals surface area (Å²) < 4.78 is 7.46. The van der Waals surface area contributed by atoms with E-state index >= 15 is 0 Å². The van der Waals surface area contributed by atoms with E-state index in [2.05, 4.69) is 53.6 Å². The minimum Gasteiger partial charge on any atom is -0.497 e. The summed E-state index contributed by atoms with van der Waals surface area (Å²) in [6.45, 7) is 4.38. The summed E-state index contributed by atoms with van der Waals surface area (Å²) in [6.07, 6.45) is 7.51. The van der Waals surface area contributed by atoms with E-state index in [1.54, 1.807) is 7.11 Å². The van der Waals surface area contributed by atoms with Gasteiger partial charge in [-0.25, -0.2) is 4.98 Å². The zero-order valence-corrected chi connectivity index (χ0v) is 17.0. The van der Waals surface area contributed by atoms with E-state index in [0.29, 0.717) is 11.8 Å². The predicted molar refractivity (Wildman–Crippen MR) is 112 cm³/mol. The highest BCUT2D eigenvalue weighted by Gasteiger charge is 2.31. The molecule has 2 heterocycles. The average Bonchev–Trinajstić information content (AvgIpc) is 3.21. The van der Waals surface area contributed by atoms with Crippen molar-refractivity contribution in [1.82, 2.24) is 9.38 Å². The van der Waals surface area contributed by atoms with Gasteiger partial charge in [-0.1, -0.05) is 32.0 Å². The van der Waals surface area contributed by atoms with Crippen LogP contribution in [0.4, 0.5) is 0 Å². The summed E-state index contributed by atoms with van der Waals surface area (Å²) in [6, 6.07) is 12.7. The van der Waals surface area contributed by atoms with Gasteiger partial charge in [0.05, 0.1) is 36.9 Å². The molecular formula is C24H30N2O2. The van der Waals surface area contributed by atoms with Gasteiger partial charge in [-0.2, -0.15) is 0 Å². The quantitative estimate of drug-likeness (QED) is 0.640. The van der Waals surface area contributed by atoms with Crippen molar-refractivity contribution >= 4 is 5.52 Å². The summed E-state index contributed by atoms with van der Waals surface area (Å²) in [7, 11) is 1.72. The Morgan fingerprint density at radius 2 is 1.89 bits per heavy atom. The molecule has 4 nitrogen and oxygen atoms in total. The molecule has 1 fully saturated rings. The third-order valence-electron chi connectivity index (χ3n) is 6.34. The van der Waals surface area contributed by atoms with E-state index in [-0.39, 0.29) is 5.92 Å². The molecule has 0 spiro atoms. The van der Waals surface area contributed by atoms with Crippen LogP contribution in [0.25, 0.3) is 5.52 Å². The highest BCUT2D eigenvalue weighted by atomic mass is 16.5. The van der Waals surface area contributed by atoms with Crippen molar-refractivity contribution in [1.29, 1.82) is 0 Å². The van der Waals surface area contributed by atoms with Crippen LogP contribution in [0.15, 0.2) is 48.9 Å². The standard InChI is InChI=1S/C24H30N2O2/c1-16(2)22-12-11-20-14-25-15-26(20)23(22)24(27)18-9-7-17(8-10-18)19-5-4-6-21(13-19)28-3/h4-6,11-18,24,27H,7-10H2,1-3H3. The van der Waals surface area contributed by atoms with Gasteiger partial charge in [-0.05, 0) is 72.8 Å². The largest absolute Gasteiger partial charge is 0.497 e. The molecule has 2 aromatic heterocycles. The summed E-state index contributed by atoms with van der Waals surface area (Å²) in [5.74, 6) is 2.12. The van der Waals surface area contributed by atoms with Crippen molar-refractivity contribution in [2.45, 2.75) is 57.5 Å².